The first-order valence-electron chi connectivity index (χ1n) is 12.8. The highest BCUT2D eigenvalue weighted by Gasteiger charge is 2.34. The van der Waals surface area contributed by atoms with Crippen molar-refractivity contribution in [1.82, 2.24) is 0 Å². The molecule has 8 heteroatoms. The Labute approximate surface area is 223 Å². The Kier molecular flexibility index (Phi) is 7.80. The second kappa shape index (κ2) is 11.0. The Morgan fingerprint density at radius 3 is 2.39 bits per heavy atom. The third-order valence-corrected chi connectivity index (χ3v) is 7.19. The zero-order valence-corrected chi connectivity index (χ0v) is 22.4. The first-order valence-corrected chi connectivity index (χ1v) is 12.8. The van der Waals surface area contributed by atoms with E-state index in [1.54, 1.807) is 12.1 Å². The van der Waals surface area contributed by atoms with E-state index in [0.717, 1.165) is 58.6 Å². The van der Waals surface area contributed by atoms with Gasteiger partial charge in [0.15, 0.2) is 5.96 Å². The molecule has 3 aromatic rings. The number of carbonyl (C=O) groups excluding carboxylic acids is 1. The average molecular weight is 517 g/mol. The molecule has 8 nitrogen and oxygen atoms in total. The van der Waals surface area contributed by atoms with E-state index in [0.29, 0.717) is 23.7 Å². The third-order valence-electron chi connectivity index (χ3n) is 7.19. The molecule has 1 aliphatic heterocycles. The fraction of sp³-hybridized carbons (Fsp3) is 0.333. The van der Waals surface area contributed by atoms with E-state index in [-0.39, 0.29) is 23.9 Å². The lowest BCUT2D eigenvalue weighted by atomic mass is 9.86. The Hall–Kier alpha value is -4.20. The second-order valence-electron chi connectivity index (χ2n) is 10.1. The minimum atomic E-state index is -0.344. The quantitative estimate of drug-likeness (QED) is 0.247. The van der Waals surface area contributed by atoms with E-state index in [4.69, 9.17) is 20.9 Å². The molecule has 200 valence electrons. The molecule has 4 rings (SSSR count). The fourth-order valence-electron chi connectivity index (χ4n) is 4.72. The van der Waals surface area contributed by atoms with Gasteiger partial charge in [0.25, 0.3) is 0 Å². The summed E-state index contributed by atoms with van der Waals surface area (Å²) in [6.07, 6.45) is 2.68. The largest absolute Gasteiger partial charge is 0.507 e. The van der Waals surface area contributed by atoms with Crippen molar-refractivity contribution in [2.75, 3.05) is 11.9 Å². The molecule has 0 bridgehead atoms. The van der Waals surface area contributed by atoms with Crippen molar-refractivity contribution in [3.05, 3.63) is 76.3 Å². The van der Waals surface area contributed by atoms with E-state index < -0.39 is 0 Å². The summed E-state index contributed by atoms with van der Waals surface area (Å²) >= 11 is 0. The number of nitrogens with two attached hydrogens (primary N) is 2. The number of rotatable bonds is 8. The summed E-state index contributed by atoms with van der Waals surface area (Å²) in [7, 11) is 0. The summed E-state index contributed by atoms with van der Waals surface area (Å²) in [6.45, 7) is 8.50. The number of aliphatic imine (C=N–C) groups is 1. The van der Waals surface area contributed by atoms with E-state index >= 15 is 0 Å². The summed E-state index contributed by atoms with van der Waals surface area (Å²) in [4.78, 5) is 16.4. The number of guanidine groups is 1. The number of amides is 1. The van der Waals surface area contributed by atoms with Crippen molar-refractivity contribution in [2.45, 2.75) is 59.0 Å². The molecular weight excluding hydrogens is 480 g/mol. The van der Waals surface area contributed by atoms with Gasteiger partial charge in [0.1, 0.15) is 22.8 Å². The predicted octanol–water partition coefficient (Wildman–Crippen LogP) is 4.96. The lowest BCUT2D eigenvalue weighted by Gasteiger charge is -2.38. The SMILES string of the molecule is Cc1c(C)c2c(c(C)c1O)CCC(C)(CCOc1ccc(NC(=O)Cc3ccc(N=C(N)N)cc3)cc1)O2. The van der Waals surface area contributed by atoms with Crippen molar-refractivity contribution in [1.29, 1.82) is 0 Å². The number of phenols is 1. The van der Waals surface area contributed by atoms with Crippen molar-refractivity contribution in [2.24, 2.45) is 16.5 Å². The first kappa shape index (κ1) is 26.9. The number of carbonyl (C=O) groups is 1. The topological polar surface area (TPSA) is 132 Å². The molecule has 0 saturated heterocycles. The van der Waals surface area contributed by atoms with Gasteiger partial charge in [-0.05, 0) is 99.2 Å². The number of fused-ring (bicyclic) bond motifs is 1. The summed E-state index contributed by atoms with van der Waals surface area (Å²) in [5, 5.41) is 13.3. The van der Waals surface area contributed by atoms with Gasteiger partial charge in [0.05, 0.1) is 18.7 Å². The maximum Gasteiger partial charge on any atom is 0.228 e. The van der Waals surface area contributed by atoms with Crippen LogP contribution in [0.3, 0.4) is 0 Å². The maximum absolute atomic E-state index is 12.4. The molecule has 1 amide bonds. The number of phenolic OH excluding ortho intramolecular Hbond substituents is 1. The van der Waals surface area contributed by atoms with Gasteiger partial charge < -0.3 is 31.4 Å². The molecule has 1 heterocycles. The lowest BCUT2D eigenvalue weighted by Crippen LogP contribution is -2.38. The summed E-state index contributed by atoms with van der Waals surface area (Å²) in [5.41, 5.74) is 16.5. The lowest BCUT2D eigenvalue weighted by molar-refractivity contribution is -0.115. The van der Waals surface area contributed by atoms with Gasteiger partial charge >= 0.3 is 0 Å². The maximum atomic E-state index is 12.4. The number of nitrogens with one attached hydrogen (secondary N) is 1. The number of benzene rings is 3. The number of hydrogen-bond acceptors (Lipinski definition) is 5. The first-order chi connectivity index (χ1) is 18.0. The van der Waals surface area contributed by atoms with Crippen LogP contribution in [0.25, 0.3) is 0 Å². The molecule has 0 spiro atoms. The molecule has 3 aromatic carbocycles. The zero-order chi connectivity index (χ0) is 27.4. The highest BCUT2D eigenvalue weighted by atomic mass is 16.5. The minimum absolute atomic E-state index is 0.00709. The summed E-state index contributed by atoms with van der Waals surface area (Å²) < 4.78 is 12.5. The van der Waals surface area contributed by atoms with E-state index in [9.17, 15) is 9.90 Å². The molecular formula is C30H36N4O4. The van der Waals surface area contributed by atoms with Gasteiger partial charge in [-0.3, -0.25) is 4.79 Å². The van der Waals surface area contributed by atoms with Crippen molar-refractivity contribution in [3.8, 4) is 17.2 Å². The molecule has 1 atom stereocenters. The fourth-order valence-corrected chi connectivity index (χ4v) is 4.72. The highest BCUT2D eigenvalue weighted by Crippen LogP contribution is 2.44. The van der Waals surface area contributed by atoms with Gasteiger partial charge in [-0.2, -0.15) is 0 Å². The Morgan fingerprint density at radius 2 is 1.74 bits per heavy atom. The van der Waals surface area contributed by atoms with Crippen molar-refractivity contribution in [3.63, 3.8) is 0 Å². The van der Waals surface area contributed by atoms with Crippen molar-refractivity contribution < 1.29 is 19.4 Å². The second-order valence-corrected chi connectivity index (χ2v) is 10.1. The standard InChI is InChI=1S/C30H36N4O4/c1-18-19(2)28-25(20(3)27(18)36)13-14-30(4,38-28)15-16-37-24-11-9-22(10-12-24)33-26(35)17-21-5-7-23(8-6-21)34-29(31)32/h5-12,36H,13-17H2,1-4H3,(H,33,35)(H4,31,32,34). The van der Waals surface area contributed by atoms with Crippen LogP contribution < -0.4 is 26.3 Å². The number of ether oxygens (including phenoxy) is 2. The van der Waals surface area contributed by atoms with Gasteiger partial charge in [-0.25, -0.2) is 4.99 Å². The van der Waals surface area contributed by atoms with Gasteiger partial charge in [-0.15, -0.1) is 0 Å². The molecule has 0 saturated carbocycles. The highest BCUT2D eigenvalue weighted by molar-refractivity contribution is 5.92. The Balaban J connectivity index is 1.28. The smallest absolute Gasteiger partial charge is 0.228 e. The normalized spacial score (nSPS) is 16.2. The number of hydrogen-bond donors (Lipinski definition) is 4. The van der Waals surface area contributed by atoms with Crippen LogP contribution in [0.4, 0.5) is 11.4 Å². The molecule has 1 aliphatic rings. The van der Waals surface area contributed by atoms with E-state index in [1.807, 2.05) is 57.2 Å². The Morgan fingerprint density at radius 1 is 1.05 bits per heavy atom. The van der Waals surface area contributed by atoms with Crippen LogP contribution >= 0.6 is 0 Å². The molecule has 1 unspecified atom stereocenters. The van der Waals surface area contributed by atoms with Crippen LogP contribution in [-0.4, -0.2) is 29.2 Å². The van der Waals surface area contributed by atoms with E-state index in [1.165, 1.54) is 0 Å². The minimum Gasteiger partial charge on any atom is -0.507 e. The van der Waals surface area contributed by atoms with Gasteiger partial charge in [-0.1, -0.05) is 12.1 Å². The van der Waals surface area contributed by atoms with Crippen LogP contribution in [0, 0.1) is 20.8 Å². The summed E-state index contributed by atoms with van der Waals surface area (Å²) in [6, 6.07) is 14.5. The van der Waals surface area contributed by atoms with Gasteiger partial charge in [0.2, 0.25) is 5.91 Å². The average Bonchev–Trinajstić information content (AvgIpc) is 2.88. The third kappa shape index (κ3) is 6.19. The van der Waals surface area contributed by atoms with Gasteiger partial charge in [0, 0.05) is 17.7 Å². The van der Waals surface area contributed by atoms with E-state index in [2.05, 4.69) is 17.2 Å². The summed E-state index contributed by atoms with van der Waals surface area (Å²) in [5.74, 6) is 1.87. The van der Waals surface area contributed by atoms with Crippen LogP contribution in [-0.2, 0) is 17.6 Å². The monoisotopic (exact) mass is 516 g/mol. The molecule has 0 radical (unpaired) electrons. The molecule has 38 heavy (non-hydrogen) atoms. The molecule has 0 aliphatic carbocycles. The van der Waals surface area contributed by atoms with Crippen LogP contribution in [0.15, 0.2) is 53.5 Å². The number of aromatic hydroxyl groups is 1. The molecule has 0 aromatic heterocycles. The molecule has 6 N–H and O–H groups in total. The van der Waals surface area contributed by atoms with Crippen LogP contribution in [0.1, 0.15) is 47.6 Å². The number of nitrogens with zero attached hydrogens (tertiary/aromatic N) is 1. The van der Waals surface area contributed by atoms with Crippen LogP contribution in [0.5, 0.6) is 17.2 Å². The predicted molar refractivity (Wildman–Crippen MR) is 150 cm³/mol. The Bertz CT molecular complexity index is 1350. The zero-order valence-electron chi connectivity index (χ0n) is 22.4. The molecule has 0 fully saturated rings. The van der Waals surface area contributed by atoms with Crippen molar-refractivity contribution >= 4 is 23.2 Å². The number of anilines is 1. The van der Waals surface area contributed by atoms with Crippen LogP contribution in [0.2, 0.25) is 0 Å².